The van der Waals surface area contributed by atoms with Crippen LogP contribution in [0.5, 0.6) is 0 Å². The molecule has 1 N–H and O–H groups in total. The lowest BCUT2D eigenvalue weighted by Gasteiger charge is -2.19. The molecule has 1 aromatic heterocycles. The second kappa shape index (κ2) is 7.16. The molecular formula is C19H16ClNO2. The fourth-order valence-corrected chi connectivity index (χ4v) is 2.57. The summed E-state index contributed by atoms with van der Waals surface area (Å²) in [6.07, 6.45) is 0. The predicted molar refractivity (Wildman–Crippen MR) is 90.5 cm³/mol. The average Bonchev–Trinajstić information content (AvgIpc) is 3.10. The number of carbonyl (C=O) groups excluding carboxylic acids is 1. The van der Waals surface area contributed by atoms with Crippen molar-refractivity contribution in [2.75, 3.05) is 0 Å². The third-order valence-corrected chi connectivity index (χ3v) is 3.82. The van der Waals surface area contributed by atoms with Gasteiger partial charge in [-0.1, -0.05) is 60.7 Å². The highest BCUT2D eigenvalue weighted by Crippen LogP contribution is 2.22. The summed E-state index contributed by atoms with van der Waals surface area (Å²) in [7, 11) is 0. The van der Waals surface area contributed by atoms with Gasteiger partial charge in [-0.3, -0.25) is 4.79 Å². The molecule has 1 amide bonds. The van der Waals surface area contributed by atoms with Gasteiger partial charge in [0.1, 0.15) is 5.76 Å². The van der Waals surface area contributed by atoms with Crippen molar-refractivity contribution in [2.24, 2.45) is 0 Å². The van der Waals surface area contributed by atoms with Crippen LogP contribution >= 0.6 is 11.6 Å². The van der Waals surface area contributed by atoms with Gasteiger partial charge in [-0.25, -0.2) is 0 Å². The van der Waals surface area contributed by atoms with Gasteiger partial charge in [0, 0.05) is 0 Å². The van der Waals surface area contributed by atoms with Gasteiger partial charge in [-0.15, -0.1) is 11.6 Å². The van der Waals surface area contributed by atoms with Crippen molar-refractivity contribution in [3.63, 3.8) is 0 Å². The zero-order chi connectivity index (χ0) is 16.1. The highest BCUT2D eigenvalue weighted by molar-refractivity contribution is 6.16. The third kappa shape index (κ3) is 3.63. The molecule has 0 bridgehead atoms. The van der Waals surface area contributed by atoms with Crippen LogP contribution in [0, 0.1) is 0 Å². The van der Waals surface area contributed by atoms with Crippen LogP contribution in [0.1, 0.15) is 33.5 Å². The highest BCUT2D eigenvalue weighted by atomic mass is 35.5. The van der Waals surface area contributed by atoms with E-state index < -0.39 is 0 Å². The summed E-state index contributed by atoms with van der Waals surface area (Å²) in [5.74, 6) is 0.818. The van der Waals surface area contributed by atoms with Gasteiger partial charge in [0.2, 0.25) is 0 Å². The molecule has 4 heteroatoms. The van der Waals surface area contributed by atoms with Crippen molar-refractivity contribution in [2.45, 2.75) is 11.9 Å². The molecule has 3 aromatic rings. The highest BCUT2D eigenvalue weighted by Gasteiger charge is 2.19. The van der Waals surface area contributed by atoms with Crippen LogP contribution in [0.25, 0.3) is 0 Å². The first-order valence-electron chi connectivity index (χ1n) is 7.33. The standard InChI is InChI=1S/C19H16ClNO2/c20-13-16-11-12-17(23-16)19(22)21-18(14-7-3-1-4-8-14)15-9-5-2-6-10-15/h1-12,18H,13H2,(H,21,22). The quantitative estimate of drug-likeness (QED) is 0.700. The number of halogens is 1. The molecule has 0 atom stereocenters. The Kier molecular flexibility index (Phi) is 4.79. The van der Waals surface area contributed by atoms with Crippen LogP contribution in [0.3, 0.4) is 0 Å². The molecule has 0 aliphatic rings. The van der Waals surface area contributed by atoms with Crippen LogP contribution in [0.2, 0.25) is 0 Å². The number of furan rings is 1. The molecule has 1 heterocycles. The number of hydrogen-bond donors (Lipinski definition) is 1. The normalized spacial score (nSPS) is 10.7. The van der Waals surface area contributed by atoms with Crippen molar-refractivity contribution in [1.82, 2.24) is 5.32 Å². The molecule has 0 fully saturated rings. The van der Waals surface area contributed by atoms with E-state index in [4.69, 9.17) is 16.0 Å². The second-order valence-electron chi connectivity index (χ2n) is 5.13. The van der Waals surface area contributed by atoms with Crippen molar-refractivity contribution in [1.29, 1.82) is 0 Å². The van der Waals surface area contributed by atoms with Gasteiger partial charge < -0.3 is 9.73 Å². The lowest BCUT2D eigenvalue weighted by Crippen LogP contribution is -2.29. The Bertz CT molecular complexity index is 729. The number of amides is 1. The Labute approximate surface area is 139 Å². The number of nitrogens with one attached hydrogen (secondary N) is 1. The summed E-state index contributed by atoms with van der Waals surface area (Å²) in [5.41, 5.74) is 2.02. The number of benzene rings is 2. The van der Waals surface area contributed by atoms with Crippen molar-refractivity contribution >= 4 is 17.5 Å². The molecule has 116 valence electrons. The summed E-state index contributed by atoms with van der Waals surface area (Å²) >= 11 is 5.72. The van der Waals surface area contributed by atoms with Gasteiger partial charge in [0.25, 0.3) is 5.91 Å². The van der Waals surface area contributed by atoms with Gasteiger partial charge in [-0.2, -0.15) is 0 Å². The molecule has 0 aliphatic heterocycles. The summed E-state index contributed by atoms with van der Waals surface area (Å²) in [5, 5.41) is 3.03. The topological polar surface area (TPSA) is 42.2 Å². The molecule has 0 saturated heterocycles. The first-order valence-corrected chi connectivity index (χ1v) is 7.87. The number of hydrogen-bond acceptors (Lipinski definition) is 2. The van der Waals surface area contributed by atoms with Gasteiger partial charge in [-0.05, 0) is 23.3 Å². The summed E-state index contributed by atoms with van der Waals surface area (Å²) < 4.78 is 5.42. The van der Waals surface area contributed by atoms with Crippen molar-refractivity contribution < 1.29 is 9.21 Å². The fraction of sp³-hybridized carbons (Fsp3) is 0.105. The Morgan fingerprint density at radius 3 is 1.96 bits per heavy atom. The molecule has 3 nitrogen and oxygen atoms in total. The van der Waals surface area contributed by atoms with Gasteiger partial charge in [0.05, 0.1) is 11.9 Å². The largest absolute Gasteiger partial charge is 0.455 e. The smallest absolute Gasteiger partial charge is 0.287 e. The van der Waals surface area contributed by atoms with Crippen LogP contribution in [-0.4, -0.2) is 5.91 Å². The Morgan fingerprint density at radius 1 is 0.913 bits per heavy atom. The molecule has 0 spiro atoms. The summed E-state index contributed by atoms with van der Waals surface area (Å²) in [4.78, 5) is 12.5. The Hall–Kier alpha value is -2.52. The molecule has 3 rings (SSSR count). The van der Waals surface area contributed by atoms with E-state index in [1.54, 1.807) is 12.1 Å². The van der Waals surface area contributed by atoms with E-state index in [-0.39, 0.29) is 23.6 Å². The van der Waals surface area contributed by atoms with Crippen molar-refractivity contribution in [3.8, 4) is 0 Å². The molecule has 2 aromatic carbocycles. The van der Waals surface area contributed by atoms with E-state index in [0.717, 1.165) is 11.1 Å². The number of alkyl halides is 1. The van der Waals surface area contributed by atoms with Crippen LogP contribution < -0.4 is 5.32 Å². The van der Waals surface area contributed by atoms with Crippen molar-refractivity contribution in [3.05, 3.63) is 95.4 Å². The Balaban J connectivity index is 1.88. The van der Waals surface area contributed by atoms with E-state index >= 15 is 0 Å². The predicted octanol–water partition coefficient (Wildman–Crippen LogP) is 4.54. The molecule has 23 heavy (non-hydrogen) atoms. The SMILES string of the molecule is O=C(NC(c1ccccc1)c1ccccc1)c1ccc(CCl)o1. The first kappa shape index (κ1) is 15.4. The first-order chi connectivity index (χ1) is 11.3. The summed E-state index contributed by atoms with van der Waals surface area (Å²) in [6, 6.07) is 22.8. The average molecular weight is 326 g/mol. The maximum absolute atomic E-state index is 12.5. The molecule has 0 saturated carbocycles. The van der Waals surface area contributed by atoms with E-state index in [1.165, 1.54) is 0 Å². The lowest BCUT2D eigenvalue weighted by atomic mass is 9.98. The lowest BCUT2D eigenvalue weighted by molar-refractivity contribution is 0.0913. The van der Waals surface area contributed by atoms with Gasteiger partial charge >= 0.3 is 0 Å². The van der Waals surface area contributed by atoms with Gasteiger partial charge in [0.15, 0.2) is 5.76 Å². The fourth-order valence-electron chi connectivity index (χ4n) is 2.42. The zero-order valence-corrected chi connectivity index (χ0v) is 13.2. The number of carbonyl (C=O) groups is 1. The van der Waals surface area contributed by atoms with E-state index in [0.29, 0.717) is 5.76 Å². The minimum absolute atomic E-state index is 0.241. The van der Waals surface area contributed by atoms with E-state index in [1.807, 2.05) is 60.7 Å². The Morgan fingerprint density at radius 2 is 1.48 bits per heavy atom. The molecule has 0 unspecified atom stereocenters. The van der Waals surface area contributed by atoms with Crippen LogP contribution in [-0.2, 0) is 5.88 Å². The molecular weight excluding hydrogens is 310 g/mol. The minimum atomic E-state index is -0.265. The second-order valence-corrected chi connectivity index (χ2v) is 5.39. The monoisotopic (exact) mass is 325 g/mol. The maximum Gasteiger partial charge on any atom is 0.287 e. The van der Waals surface area contributed by atoms with E-state index in [9.17, 15) is 4.79 Å². The zero-order valence-electron chi connectivity index (χ0n) is 12.4. The molecule has 0 radical (unpaired) electrons. The molecule has 0 aliphatic carbocycles. The van der Waals surface area contributed by atoms with E-state index in [2.05, 4.69) is 5.32 Å². The minimum Gasteiger partial charge on any atom is -0.455 e. The number of rotatable bonds is 5. The third-order valence-electron chi connectivity index (χ3n) is 3.56. The maximum atomic E-state index is 12.5. The van der Waals surface area contributed by atoms with Crippen LogP contribution in [0.15, 0.2) is 77.2 Å². The van der Waals surface area contributed by atoms with Crippen LogP contribution in [0.4, 0.5) is 0 Å². The summed E-state index contributed by atoms with van der Waals surface area (Å²) in [6.45, 7) is 0.